The van der Waals surface area contributed by atoms with Gasteiger partial charge in [0.1, 0.15) is 5.54 Å². The highest BCUT2D eigenvalue weighted by molar-refractivity contribution is 6.07. The number of amides is 3. The molecule has 0 radical (unpaired) electrons. The van der Waals surface area contributed by atoms with Gasteiger partial charge in [-0.1, -0.05) is 36.4 Å². The molecule has 0 unspecified atom stereocenters. The molecule has 1 spiro atoms. The van der Waals surface area contributed by atoms with Gasteiger partial charge in [0.05, 0.1) is 13.0 Å². The molecule has 35 heavy (non-hydrogen) atoms. The van der Waals surface area contributed by atoms with Crippen LogP contribution in [0.5, 0.6) is 0 Å². The number of urea groups is 1. The van der Waals surface area contributed by atoms with E-state index in [1.165, 1.54) is 4.90 Å². The molecule has 2 aliphatic rings. The number of alkyl halides is 3. The Morgan fingerprint density at radius 3 is 2.40 bits per heavy atom. The summed E-state index contributed by atoms with van der Waals surface area (Å²) < 4.78 is 43.9. The summed E-state index contributed by atoms with van der Waals surface area (Å²) in [4.78, 5) is 32.0. The molecule has 2 fully saturated rings. The van der Waals surface area contributed by atoms with E-state index in [1.807, 2.05) is 42.5 Å². The number of methoxy groups -OCH3 is 1. The molecule has 3 amide bonds. The molecular weight excluding hydrogens is 459 g/mol. The number of hydrogen-bond donors (Lipinski definition) is 0. The maximum Gasteiger partial charge on any atom is 0.390 e. The minimum absolute atomic E-state index is 0.166. The van der Waals surface area contributed by atoms with Crippen LogP contribution in [0.3, 0.4) is 0 Å². The van der Waals surface area contributed by atoms with Crippen molar-refractivity contribution in [2.24, 2.45) is 0 Å². The maximum atomic E-state index is 13.7. The van der Waals surface area contributed by atoms with Crippen LogP contribution in [-0.2, 0) is 16.1 Å². The average Bonchev–Trinajstić information content (AvgIpc) is 3.00. The number of nitrogens with zero attached hydrogens (tertiary/aromatic N) is 3. The minimum atomic E-state index is -4.24. The van der Waals surface area contributed by atoms with Crippen LogP contribution in [-0.4, -0.2) is 77.7 Å². The zero-order chi connectivity index (χ0) is 25.2. The Morgan fingerprint density at radius 1 is 1.06 bits per heavy atom. The molecule has 9 heteroatoms. The summed E-state index contributed by atoms with van der Waals surface area (Å²) in [6.45, 7) is 3.22. The first-order valence-electron chi connectivity index (χ1n) is 12.1. The van der Waals surface area contributed by atoms with Crippen LogP contribution in [0, 0.1) is 0 Å². The van der Waals surface area contributed by atoms with Gasteiger partial charge >= 0.3 is 12.2 Å². The van der Waals surface area contributed by atoms with Crippen molar-refractivity contribution in [3.05, 3.63) is 48.0 Å². The number of fused-ring (bicyclic) bond motifs is 1. The molecule has 0 bridgehead atoms. The van der Waals surface area contributed by atoms with Crippen molar-refractivity contribution in [1.29, 1.82) is 0 Å². The van der Waals surface area contributed by atoms with Gasteiger partial charge in [0.2, 0.25) is 0 Å². The topological polar surface area (TPSA) is 53.1 Å². The van der Waals surface area contributed by atoms with Gasteiger partial charge in [0, 0.05) is 39.4 Å². The quantitative estimate of drug-likeness (QED) is 0.393. The first kappa shape index (κ1) is 25.4. The Hall–Kier alpha value is -2.65. The Labute approximate surface area is 203 Å². The van der Waals surface area contributed by atoms with E-state index >= 15 is 0 Å². The van der Waals surface area contributed by atoms with E-state index in [4.69, 9.17) is 4.74 Å². The van der Waals surface area contributed by atoms with E-state index in [0.29, 0.717) is 45.5 Å². The van der Waals surface area contributed by atoms with Gasteiger partial charge in [-0.2, -0.15) is 13.2 Å². The van der Waals surface area contributed by atoms with Gasteiger partial charge in [-0.15, -0.1) is 0 Å². The lowest BCUT2D eigenvalue weighted by molar-refractivity contribution is -0.150. The molecule has 2 aromatic carbocycles. The van der Waals surface area contributed by atoms with Crippen molar-refractivity contribution < 1.29 is 27.5 Å². The van der Waals surface area contributed by atoms with Crippen molar-refractivity contribution in [1.82, 2.24) is 14.7 Å². The van der Waals surface area contributed by atoms with Crippen molar-refractivity contribution in [2.45, 2.75) is 56.9 Å². The minimum Gasteiger partial charge on any atom is -0.385 e. The third kappa shape index (κ3) is 5.30. The van der Waals surface area contributed by atoms with E-state index in [9.17, 15) is 22.8 Å². The first-order chi connectivity index (χ1) is 16.6. The number of likely N-dealkylation sites (tertiary alicyclic amines) is 1. The Balaban J connectivity index is 1.54. The van der Waals surface area contributed by atoms with E-state index in [2.05, 4.69) is 0 Å². The molecule has 2 saturated heterocycles. The number of carbonyl (C=O) groups excluding carboxylic acids is 2. The van der Waals surface area contributed by atoms with Crippen molar-refractivity contribution in [3.8, 4) is 0 Å². The second-order valence-corrected chi connectivity index (χ2v) is 9.59. The average molecular weight is 492 g/mol. The largest absolute Gasteiger partial charge is 0.390 e. The van der Waals surface area contributed by atoms with E-state index < -0.39 is 24.2 Å². The lowest BCUT2D eigenvalue weighted by atomic mass is 9.85. The normalized spacial score (nSPS) is 19.8. The second kappa shape index (κ2) is 10.1. The molecule has 4 rings (SSSR count). The van der Waals surface area contributed by atoms with Gasteiger partial charge in [0.15, 0.2) is 0 Å². The maximum absolute atomic E-state index is 13.7. The summed E-state index contributed by atoms with van der Waals surface area (Å²) in [5.74, 6) is -0.254. The van der Waals surface area contributed by atoms with Gasteiger partial charge in [-0.25, -0.2) is 4.79 Å². The van der Waals surface area contributed by atoms with Gasteiger partial charge < -0.3 is 14.5 Å². The molecule has 1 atom stereocenters. The molecule has 0 N–H and O–H groups in total. The number of hydrogen-bond acceptors (Lipinski definition) is 4. The summed E-state index contributed by atoms with van der Waals surface area (Å²) >= 11 is 0. The van der Waals surface area contributed by atoms with E-state index in [0.717, 1.165) is 16.3 Å². The van der Waals surface area contributed by atoms with Crippen LogP contribution in [0.15, 0.2) is 42.5 Å². The van der Waals surface area contributed by atoms with Gasteiger partial charge in [-0.3, -0.25) is 9.69 Å². The summed E-state index contributed by atoms with van der Waals surface area (Å²) in [5.41, 5.74) is -0.161. The third-order valence-electron chi connectivity index (χ3n) is 7.28. The predicted molar refractivity (Wildman–Crippen MR) is 127 cm³/mol. The zero-order valence-corrected chi connectivity index (χ0v) is 20.2. The SMILES string of the molecule is COCCCN1C(=O)N(Cc2ccc3ccccc3c2)C(=O)C12CCN([C@H](C)CC(F)(F)F)CC2. The van der Waals surface area contributed by atoms with Crippen LogP contribution >= 0.6 is 0 Å². The van der Waals surface area contributed by atoms with Crippen LogP contribution in [0.1, 0.15) is 38.2 Å². The number of halogens is 3. The second-order valence-electron chi connectivity index (χ2n) is 9.59. The highest BCUT2D eigenvalue weighted by atomic mass is 19.4. The molecule has 190 valence electrons. The molecule has 6 nitrogen and oxygen atoms in total. The summed E-state index contributed by atoms with van der Waals surface area (Å²) in [7, 11) is 1.58. The number of carbonyl (C=O) groups is 2. The smallest absolute Gasteiger partial charge is 0.385 e. The number of imide groups is 1. The molecule has 2 heterocycles. The zero-order valence-electron chi connectivity index (χ0n) is 20.2. The van der Waals surface area contributed by atoms with E-state index in [-0.39, 0.29) is 18.5 Å². The van der Waals surface area contributed by atoms with Crippen LogP contribution in [0.25, 0.3) is 10.8 Å². The molecule has 2 aliphatic heterocycles. The molecule has 0 aliphatic carbocycles. The number of piperidine rings is 1. The lowest BCUT2D eigenvalue weighted by Crippen LogP contribution is -2.58. The van der Waals surface area contributed by atoms with Gasteiger partial charge in [0.25, 0.3) is 5.91 Å². The molecule has 2 aromatic rings. The Morgan fingerprint density at radius 2 is 1.74 bits per heavy atom. The van der Waals surface area contributed by atoms with Crippen molar-refractivity contribution >= 4 is 22.7 Å². The third-order valence-corrected chi connectivity index (χ3v) is 7.28. The summed E-state index contributed by atoms with van der Waals surface area (Å²) in [6, 6.07) is 12.8. The first-order valence-corrected chi connectivity index (χ1v) is 12.1. The fourth-order valence-electron chi connectivity index (χ4n) is 5.40. The lowest BCUT2D eigenvalue weighted by Gasteiger charge is -2.44. The summed E-state index contributed by atoms with van der Waals surface area (Å²) in [5, 5.41) is 2.11. The van der Waals surface area contributed by atoms with Gasteiger partial charge in [-0.05, 0) is 48.6 Å². The standard InChI is InChI=1S/C26H32F3N3O3/c1-19(17-26(27,28)29)30-13-10-25(11-14-30)23(33)31(24(34)32(25)12-5-15-35-2)18-20-8-9-21-6-3-4-7-22(21)16-20/h3-4,6-9,16,19H,5,10-15,17-18H2,1-2H3/t19-/m1/s1. The molecule has 0 aromatic heterocycles. The fraction of sp³-hybridized carbons (Fsp3) is 0.538. The Bertz CT molecular complexity index is 1070. The number of benzene rings is 2. The number of ether oxygens (including phenoxy) is 1. The van der Waals surface area contributed by atoms with Crippen LogP contribution in [0.2, 0.25) is 0 Å². The monoisotopic (exact) mass is 491 g/mol. The van der Waals surface area contributed by atoms with Crippen LogP contribution in [0.4, 0.5) is 18.0 Å². The van der Waals surface area contributed by atoms with E-state index in [1.54, 1.807) is 23.8 Å². The fourth-order valence-corrected chi connectivity index (χ4v) is 5.40. The van der Waals surface area contributed by atoms with Crippen LogP contribution < -0.4 is 0 Å². The van der Waals surface area contributed by atoms with Crippen molar-refractivity contribution in [2.75, 3.05) is 33.4 Å². The highest BCUT2D eigenvalue weighted by Crippen LogP contribution is 2.39. The predicted octanol–water partition coefficient (Wildman–Crippen LogP) is 4.82. The molecular formula is C26H32F3N3O3. The van der Waals surface area contributed by atoms with Crippen molar-refractivity contribution in [3.63, 3.8) is 0 Å². The Kier molecular flexibility index (Phi) is 7.38. The summed E-state index contributed by atoms with van der Waals surface area (Å²) in [6.07, 6.45) is -3.91. The molecule has 0 saturated carbocycles. The highest BCUT2D eigenvalue weighted by Gasteiger charge is 2.57. The number of rotatable bonds is 8.